The molecule has 2 aromatic rings. The molecule has 0 bridgehead atoms. The van der Waals surface area contributed by atoms with Crippen LogP contribution >= 0.6 is 38.9 Å². The van der Waals surface area contributed by atoms with Crippen molar-refractivity contribution in [1.82, 2.24) is 4.90 Å². The van der Waals surface area contributed by atoms with E-state index in [0.717, 1.165) is 14.9 Å². The van der Waals surface area contributed by atoms with Crippen molar-refractivity contribution in [2.24, 2.45) is 0 Å². The second-order valence-corrected chi connectivity index (χ2v) is 6.81. The average Bonchev–Trinajstić information content (AvgIpc) is 2.83. The summed E-state index contributed by atoms with van der Waals surface area (Å²) in [6.45, 7) is 0.609. The molecule has 0 radical (unpaired) electrons. The molecule has 19 heavy (non-hydrogen) atoms. The van der Waals surface area contributed by atoms with Gasteiger partial charge in [0.05, 0.1) is 3.79 Å². The van der Waals surface area contributed by atoms with Crippen molar-refractivity contribution in [3.05, 3.63) is 56.2 Å². The van der Waals surface area contributed by atoms with E-state index >= 15 is 0 Å². The number of alkyl halides is 1. The van der Waals surface area contributed by atoms with Gasteiger partial charge in [0.15, 0.2) is 0 Å². The molecule has 0 spiro atoms. The third-order valence-electron chi connectivity index (χ3n) is 2.74. The number of thiophene rings is 1. The Morgan fingerprint density at radius 2 is 2.00 bits per heavy atom. The largest absolute Gasteiger partial charge is 0.337 e. The zero-order chi connectivity index (χ0) is 13.8. The first-order valence-corrected chi connectivity index (χ1v) is 7.94. The third-order valence-corrected chi connectivity index (χ3v) is 4.61. The molecule has 0 fully saturated rings. The molecule has 100 valence electrons. The normalized spacial score (nSPS) is 10.5. The maximum absolute atomic E-state index is 12.2. The fraction of sp³-hybridized carbons (Fsp3) is 0.214. The molecule has 0 saturated carbocycles. The number of rotatable bonds is 4. The van der Waals surface area contributed by atoms with Crippen LogP contribution in [-0.4, -0.2) is 17.9 Å². The minimum Gasteiger partial charge on any atom is -0.337 e. The predicted molar refractivity (Wildman–Crippen MR) is 83.8 cm³/mol. The van der Waals surface area contributed by atoms with Crippen molar-refractivity contribution in [3.63, 3.8) is 0 Å². The molecular weight excluding hydrogens is 346 g/mol. The summed E-state index contributed by atoms with van der Waals surface area (Å²) in [5.41, 5.74) is 2.83. The van der Waals surface area contributed by atoms with Crippen LogP contribution in [0.3, 0.4) is 0 Å². The Bertz CT molecular complexity index is 567. The summed E-state index contributed by atoms with van der Waals surface area (Å²) < 4.78 is 1.08. The molecular formula is C14H13BrClNOS. The quantitative estimate of drug-likeness (QED) is 0.736. The standard InChI is InChI=1S/C14H13BrClNOS/c1-17(8-11-6-13(15)19-9-11)14(18)12-4-2-10(7-16)3-5-12/h2-6,9H,7-8H2,1H3. The van der Waals surface area contributed by atoms with Gasteiger partial charge >= 0.3 is 0 Å². The summed E-state index contributed by atoms with van der Waals surface area (Å²) in [5.74, 6) is 0.483. The predicted octanol–water partition coefficient (Wildman–Crippen LogP) is 4.52. The molecule has 0 unspecified atom stereocenters. The number of amides is 1. The maximum atomic E-state index is 12.2. The molecule has 1 aromatic carbocycles. The van der Waals surface area contributed by atoms with E-state index in [0.29, 0.717) is 18.0 Å². The molecule has 5 heteroatoms. The minimum atomic E-state index is 0.0171. The fourth-order valence-corrected chi connectivity index (χ4v) is 3.11. The number of hydrogen-bond acceptors (Lipinski definition) is 2. The van der Waals surface area contributed by atoms with Gasteiger partial charge in [0.25, 0.3) is 5.91 Å². The van der Waals surface area contributed by atoms with E-state index in [9.17, 15) is 4.79 Å². The van der Waals surface area contributed by atoms with Crippen LogP contribution < -0.4 is 0 Å². The first kappa shape index (κ1) is 14.6. The van der Waals surface area contributed by atoms with Crippen molar-refractivity contribution < 1.29 is 4.79 Å². The van der Waals surface area contributed by atoms with Gasteiger partial charge in [-0.1, -0.05) is 12.1 Å². The second kappa shape index (κ2) is 6.55. The highest BCUT2D eigenvalue weighted by atomic mass is 79.9. The van der Waals surface area contributed by atoms with Crippen molar-refractivity contribution in [2.75, 3.05) is 7.05 Å². The summed E-state index contributed by atoms with van der Waals surface area (Å²) in [7, 11) is 1.81. The highest BCUT2D eigenvalue weighted by Gasteiger charge is 2.12. The average molecular weight is 359 g/mol. The molecule has 0 aliphatic rings. The van der Waals surface area contributed by atoms with E-state index in [1.165, 1.54) is 0 Å². The number of halogens is 2. The highest BCUT2D eigenvalue weighted by molar-refractivity contribution is 9.11. The van der Waals surface area contributed by atoms with E-state index in [1.807, 2.05) is 42.8 Å². The van der Waals surface area contributed by atoms with Crippen molar-refractivity contribution in [1.29, 1.82) is 0 Å². The Morgan fingerprint density at radius 3 is 2.53 bits per heavy atom. The van der Waals surface area contributed by atoms with Gasteiger partial charge in [-0.05, 0) is 50.6 Å². The lowest BCUT2D eigenvalue weighted by molar-refractivity contribution is 0.0785. The summed E-state index contributed by atoms with van der Waals surface area (Å²) in [4.78, 5) is 14.0. The molecule has 1 aromatic heterocycles. The number of nitrogens with zero attached hydrogens (tertiary/aromatic N) is 1. The zero-order valence-electron chi connectivity index (χ0n) is 10.4. The van der Waals surface area contributed by atoms with Gasteiger partial charge in [-0.15, -0.1) is 22.9 Å². The lowest BCUT2D eigenvalue weighted by Crippen LogP contribution is -2.25. The van der Waals surface area contributed by atoms with Crippen LogP contribution in [0, 0.1) is 0 Å². The van der Waals surface area contributed by atoms with Gasteiger partial charge in [0.2, 0.25) is 0 Å². The Kier molecular flexibility index (Phi) is 5.02. The monoisotopic (exact) mass is 357 g/mol. The van der Waals surface area contributed by atoms with Gasteiger partial charge in [0.1, 0.15) is 0 Å². The van der Waals surface area contributed by atoms with Crippen LogP contribution in [0.4, 0.5) is 0 Å². The third kappa shape index (κ3) is 3.81. The molecule has 2 nitrogen and oxygen atoms in total. The molecule has 0 saturated heterocycles. The summed E-state index contributed by atoms with van der Waals surface area (Å²) in [5, 5.41) is 2.05. The lowest BCUT2D eigenvalue weighted by atomic mass is 10.1. The first-order chi connectivity index (χ1) is 9.10. The van der Waals surface area contributed by atoms with Gasteiger partial charge in [-0.25, -0.2) is 0 Å². The van der Waals surface area contributed by atoms with Gasteiger partial charge in [0, 0.05) is 25.0 Å². The summed E-state index contributed by atoms with van der Waals surface area (Å²) >= 11 is 10.8. The van der Waals surface area contributed by atoms with Crippen molar-refractivity contribution >= 4 is 44.8 Å². The SMILES string of the molecule is CN(Cc1csc(Br)c1)C(=O)c1ccc(CCl)cc1. The molecule has 0 N–H and O–H groups in total. The zero-order valence-corrected chi connectivity index (χ0v) is 13.6. The summed E-state index contributed by atoms with van der Waals surface area (Å²) in [6, 6.07) is 9.44. The Labute approximate surface area is 130 Å². The van der Waals surface area contributed by atoms with E-state index in [4.69, 9.17) is 11.6 Å². The minimum absolute atomic E-state index is 0.0171. The Morgan fingerprint density at radius 1 is 1.32 bits per heavy atom. The van der Waals surface area contributed by atoms with Crippen LogP contribution in [0.15, 0.2) is 39.5 Å². The van der Waals surface area contributed by atoms with E-state index in [2.05, 4.69) is 15.9 Å². The highest BCUT2D eigenvalue weighted by Crippen LogP contribution is 2.22. The molecule has 2 rings (SSSR count). The van der Waals surface area contributed by atoms with Crippen LogP contribution in [0.25, 0.3) is 0 Å². The number of carbonyl (C=O) groups is 1. The van der Waals surface area contributed by atoms with Crippen molar-refractivity contribution in [3.8, 4) is 0 Å². The van der Waals surface area contributed by atoms with Crippen LogP contribution in [0.5, 0.6) is 0 Å². The van der Waals surface area contributed by atoms with Crippen molar-refractivity contribution in [2.45, 2.75) is 12.4 Å². The number of benzene rings is 1. The number of carbonyl (C=O) groups excluding carboxylic acids is 1. The smallest absolute Gasteiger partial charge is 0.253 e. The molecule has 0 atom stereocenters. The van der Waals surface area contributed by atoms with Crippen LogP contribution in [0.2, 0.25) is 0 Å². The second-order valence-electron chi connectivity index (χ2n) is 4.25. The lowest BCUT2D eigenvalue weighted by Gasteiger charge is -2.16. The molecule has 0 aliphatic carbocycles. The van der Waals surface area contributed by atoms with Gasteiger partial charge in [-0.2, -0.15) is 0 Å². The maximum Gasteiger partial charge on any atom is 0.253 e. The topological polar surface area (TPSA) is 20.3 Å². The van der Waals surface area contributed by atoms with Gasteiger partial charge in [-0.3, -0.25) is 4.79 Å². The van der Waals surface area contributed by atoms with E-state index < -0.39 is 0 Å². The Balaban J connectivity index is 2.05. The molecule has 0 aliphatic heterocycles. The van der Waals surface area contributed by atoms with E-state index in [-0.39, 0.29) is 5.91 Å². The number of hydrogen-bond donors (Lipinski definition) is 0. The fourth-order valence-electron chi connectivity index (χ4n) is 1.73. The van der Waals surface area contributed by atoms with Crippen LogP contribution in [0.1, 0.15) is 21.5 Å². The Hall–Kier alpha value is -0.840. The summed E-state index contributed by atoms with van der Waals surface area (Å²) in [6.07, 6.45) is 0. The van der Waals surface area contributed by atoms with Crippen LogP contribution in [-0.2, 0) is 12.4 Å². The molecule has 1 heterocycles. The van der Waals surface area contributed by atoms with Gasteiger partial charge < -0.3 is 4.90 Å². The molecule has 1 amide bonds. The first-order valence-electron chi connectivity index (χ1n) is 5.73. The van der Waals surface area contributed by atoms with E-state index in [1.54, 1.807) is 16.2 Å².